The molecule has 2 heterocycles. The second-order valence-corrected chi connectivity index (χ2v) is 11.9. The molecule has 0 spiro atoms. The number of nitrogens with zero attached hydrogens (tertiary/aromatic N) is 1. The molecule has 40 heavy (non-hydrogen) atoms. The number of carboxylic acid groups (broad SMARTS) is 1. The Morgan fingerprint density at radius 1 is 1.10 bits per heavy atom. The fraction of sp³-hybridized carbons (Fsp3) is 0.483. The molecule has 9 nitrogen and oxygen atoms in total. The Kier molecular flexibility index (Phi) is 9.45. The van der Waals surface area contributed by atoms with Crippen LogP contribution in [0.2, 0.25) is 5.02 Å². The van der Waals surface area contributed by atoms with E-state index in [1.807, 2.05) is 20.8 Å². The van der Waals surface area contributed by atoms with E-state index in [9.17, 15) is 23.9 Å². The second-order valence-electron chi connectivity index (χ2n) is 11.5. The number of hydrogen-bond donors (Lipinski definition) is 5. The van der Waals surface area contributed by atoms with Crippen molar-refractivity contribution in [2.45, 2.75) is 51.7 Å². The Balaban J connectivity index is 1.47. The number of carboxylic acids is 1. The van der Waals surface area contributed by atoms with E-state index < -0.39 is 29.8 Å². The van der Waals surface area contributed by atoms with Crippen molar-refractivity contribution in [1.29, 1.82) is 0 Å². The van der Waals surface area contributed by atoms with Crippen molar-refractivity contribution in [3.63, 3.8) is 0 Å². The molecule has 4 rings (SSSR count). The van der Waals surface area contributed by atoms with Crippen LogP contribution in [0, 0.1) is 11.2 Å². The van der Waals surface area contributed by atoms with E-state index in [0.29, 0.717) is 18.7 Å². The number of amides is 2. The van der Waals surface area contributed by atoms with Gasteiger partial charge in [-0.1, -0.05) is 38.4 Å². The van der Waals surface area contributed by atoms with Crippen LogP contribution in [0.1, 0.15) is 44.0 Å². The highest BCUT2D eigenvalue weighted by Crippen LogP contribution is 2.29. The van der Waals surface area contributed by atoms with Crippen molar-refractivity contribution in [3.8, 4) is 11.1 Å². The molecule has 11 heteroatoms. The van der Waals surface area contributed by atoms with Gasteiger partial charge in [0.25, 0.3) is 0 Å². The molecule has 2 aliphatic heterocycles. The van der Waals surface area contributed by atoms with Crippen LogP contribution in [0.4, 0.5) is 10.1 Å². The van der Waals surface area contributed by atoms with Gasteiger partial charge in [-0.05, 0) is 67.2 Å². The lowest BCUT2D eigenvalue weighted by molar-refractivity contribution is -0.138. The Labute approximate surface area is 238 Å². The molecule has 1 unspecified atom stereocenters. The predicted molar refractivity (Wildman–Crippen MR) is 153 cm³/mol. The number of hydrogen-bond acceptors (Lipinski definition) is 6. The van der Waals surface area contributed by atoms with Crippen molar-refractivity contribution in [3.05, 3.63) is 52.8 Å². The molecule has 0 saturated carbocycles. The summed E-state index contributed by atoms with van der Waals surface area (Å²) < 4.78 is 14.4. The monoisotopic (exact) mass is 573 g/mol. The molecule has 0 radical (unpaired) electrons. The summed E-state index contributed by atoms with van der Waals surface area (Å²) >= 11 is 5.84. The van der Waals surface area contributed by atoms with Crippen LogP contribution in [0.25, 0.3) is 11.1 Å². The Bertz CT molecular complexity index is 1260. The second kappa shape index (κ2) is 12.6. The molecule has 0 aliphatic carbocycles. The zero-order valence-electron chi connectivity index (χ0n) is 23.0. The molecule has 2 aromatic rings. The third-order valence-electron chi connectivity index (χ3n) is 7.41. The Morgan fingerprint density at radius 3 is 2.48 bits per heavy atom. The number of benzene rings is 2. The lowest BCUT2D eigenvalue weighted by Crippen LogP contribution is -2.63. The van der Waals surface area contributed by atoms with Crippen molar-refractivity contribution in [1.82, 2.24) is 20.9 Å². The molecule has 2 amide bonds. The van der Waals surface area contributed by atoms with Crippen LogP contribution in [0.5, 0.6) is 0 Å². The van der Waals surface area contributed by atoms with E-state index in [1.165, 1.54) is 24.3 Å². The minimum absolute atomic E-state index is 0.0501. The summed E-state index contributed by atoms with van der Waals surface area (Å²) in [6.45, 7) is 8.95. The summed E-state index contributed by atoms with van der Waals surface area (Å²) in [5, 5.41) is 22.8. The Morgan fingerprint density at radius 2 is 1.82 bits per heavy atom. The molecule has 2 atom stereocenters. The maximum absolute atomic E-state index is 14.4. The van der Waals surface area contributed by atoms with Crippen LogP contribution in [-0.2, 0) is 9.59 Å². The third-order valence-corrected chi connectivity index (χ3v) is 7.64. The quantitative estimate of drug-likeness (QED) is 0.344. The molecule has 216 valence electrons. The zero-order valence-corrected chi connectivity index (χ0v) is 23.8. The molecule has 2 fully saturated rings. The fourth-order valence-electron chi connectivity index (χ4n) is 5.17. The average molecular weight is 574 g/mol. The van der Waals surface area contributed by atoms with E-state index in [4.69, 9.17) is 11.6 Å². The first-order valence-corrected chi connectivity index (χ1v) is 13.9. The number of rotatable bonds is 7. The van der Waals surface area contributed by atoms with Crippen molar-refractivity contribution < 1.29 is 23.9 Å². The molecule has 0 bridgehead atoms. The van der Waals surface area contributed by atoms with Gasteiger partial charge in [-0.3, -0.25) is 9.59 Å². The summed E-state index contributed by atoms with van der Waals surface area (Å²) in [6.07, 6.45) is 1.89. The smallest absolute Gasteiger partial charge is 0.337 e. The van der Waals surface area contributed by atoms with Crippen LogP contribution in [0.15, 0.2) is 36.4 Å². The number of piperidine rings is 1. The van der Waals surface area contributed by atoms with Gasteiger partial charge in [0.15, 0.2) is 0 Å². The maximum Gasteiger partial charge on any atom is 0.337 e. The summed E-state index contributed by atoms with van der Waals surface area (Å²) in [4.78, 5) is 40.7. The van der Waals surface area contributed by atoms with Crippen LogP contribution in [0.3, 0.4) is 0 Å². The van der Waals surface area contributed by atoms with E-state index >= 15 is 0 Å². The van der Waals surface area contributed by atoms with Gasteiger partial charge in [-0.15, -0.1) is 0 Å². The summed E-state index contributed by atoms with van der Waals surface area (Å²) in [6, 6.07) is 7.55. The number of aromatic carboxylic acids is 1. The summed E-state index contributed by atoms with van der Waals surface area (Å²) in [5.41, 5.74) is 0.113. The molecule has 0 aromatic heterocycles. The fourth-order valence-corrected chi connectivity index (χ4v) is 5.32. The third kappa shape index (κ3) is 7.17. The lowest BCUT2D eigenvalue weighted by Gasteiger charge is -2.41. The van der Waals surface area contributed by atoms with Gasteiger partial charge < -0.3 is 31.3 Å². The predicted octanol–water partition coefficient (Wildman–Crippen LogP) is 3.34. The highest BCUT2D eigenvalue weighted by Gasteiger charge is 2.38. The van der Waals surface area contributed by atoms with Gasteiger partial charge in [0.2, 0.25) is 11.8 Å². The number of carbonyl (C=O) groups is 3. The molecule has 2 saturated heterocycles. The molecule has 2 aromatic carbocycles. The van der Waals surface area contributed by atoms with Crippen molar-refractivity contribution in [2.75, 3.05) is 38.0 Å². The zero-order chi connectivity index (χ0) is 29.0. The molecule has 5 N–H and O–H groups in total. The first-order valence-electron chi connectivity index (χ1n) is 13.6. The Hall–Kier alpha value is -3.05. The van der Waals surface area contributed by atoms with E-state index in [1.54, 1.807) is 11.0 Å². The number of carbonyl (C=O) groups excluding carboxylic acids is 2. The van der Waals surface area contributed by atoms with E-state index in [2.05, 4.69) is 21.3 Å². The highest BCUT2D eigenvalue weighted by atomic mass is 35.5. The normalized spacial score (nSPS) is 19.2. The van der Waals surface area contributed by atoms with Gasteiger partial charge in [-0.2, -0.15) is 0 Å². The highest BCUT2D eigenvalue weighted by molar-refractivity contribution is 6.30. The number of nitrogens with one attached hydrogen (secondary N) is 4. The van der Waals surface area contributed by atoms with Crippen LogP contribution in [-0.4, -0.2) is 78.6 Å². The minimum atomic E-state index is -1.27. The molecular weight excluding hydrogens is 537 g/mol. The SMILES string of the molecule is CC(C)(C)C(NC1CCNCC1)C(=O)N1CCN[C@@H](C(=O)Nc2ccc(-c3ccc(Cl)cc3F)cc2C(=O)O)C1. The number of piperazine rings is 1. The summed E-state index contributed by atoms with van der Waals surface area (Å²) in [7, 11) is 0. The van der Waals surface area contributed by atoms with Gasteiger partial charge in [-0.25, -0.2) is 9.18 Å². The number of halogens is 2. The minimum Gasteiger partial charge on any atom is -0.478 e. The van der Waals surface area contributed by atoms with E-state index in [0.717, 1.165) is 32.0 Å². The van der Waals surface area contributed by atoms with E-state index in [-0.39, 0.29) is 45.7 Å². The first-order chi connectivity index (χ1) is 18.9. The standard InChI is InChI=1S/C29H37ClFN5O4/c1-29(2,3)25(34-19-8-10-32-11-9-19)27(38)36-13-12-33-24(16-36)26(37)35-23-7-4-17(14-21(23)28(39)40)20-6-5-18(30)15-22(20)31/h4-7,14-15,19,24-25,32-34H,8-13,16H2,1-3H3,(H,35,37)(H,39,40)/t24-,25?/m1/s1. The first kappa shape index (κ1) is 29.9. The molecular formula is C29H37ClFN5O4. The topological polar surface area (TPSA) is 123 Å². The molecule has 2 aliphatic rings. The van der Waals surface area contributed by atoms with Gasteiger partial charge >= 0.3 is 5.97 Å². The van der Waals surface area contributed by atoms with Crippen molar-refractivity contribution >= 4 is 35.1 Å². The van der Waals surface area contributed by atoms with Crippen molar-refractivity contribution in [2.24, 2.45) is 5.41 Å². The average Bonchev–Trinajstić information content (AvgIpc) is 2.91. The van der Waals surface area contributed by atoms with Gasteiger partial charge in [0.1, 0.15) is 11.9 Å². The lowest BCUT2D eigenvalue weighted by atomic mass is 9.84. The van der Waals surface area contributed by atoms with Crippen LogP contribution < -0.4 is 21.3 Å². The number of anilines is 1. The van der Waals surface area contributed by atoms with Crippen LogP contribution >= 0.6 is 11.6 Å². The largest absolute Gasteiger partial charge is 0.478 e. The van der Waals surface area contributed by atoms with Gasteiger partial charge in [0.05, 0.1) is 17.3 Å². The maximum atomic E-state index is 14.4. The van der Waals surface area contributed by atoms with Gasteiger partial charge in [0, 0.05) is 36.3 Å². The summed E-state index contributed by atoms with van der Waals surface area (Å²) in [5.74, 6) is -2.35.